The molecule has 8 nitrogen and oxygen atoms in total. The summed E-state index contributed by atoms with van der Waals surface area (Å²) >= 11 is 0. The van der Waals surface area contributed by atoms with Crippen LogP contribution >= 0.6 is 0 Å². The van der Waals surface area contributed by atoms with Crippen molar-refractivity contribution in [3.8, 4) is 0 Å². The summed E-state index contributed by atoms with van der Waals surface area (Å²) in [4.78, 5) is 36.9. The molecule has 2 unspecified atom stereocenters. The molecule has 2 atom stereocenters. The molecule has 8 heteroatoms. The highest BCUT2D eigenvalue weighted by atomic mass is 16.6. The number of Topliss-reactive ketones (excluding diaryl/α,β-unsaturated/α-hetero) is 1. The smallest absolute Gasteiger partial charge is 0.408 e. The Morgan fingerprint density at radius 1 is 0.841 bits per heavy atom. The Balaban J connectivity index is 2.93. The van der Waals surface area contributed by atoms with E-state index in [9.17, 15) is 24.6 Å². The van der Waals surface area contributed by atoms with Crippen LogP contribution in [-0.4, -0.2) is 58.0 Å². The molecule has 1 amide bonds. The Bertz CT molecular complexity index is 939. The van der Waals surface area contributed by atoms with Gasteiger partial charge < -0.3 is 25.4 Å². The van der Waals surface area contributed by atoms with Crippen molar-refractivity contribution in [3.05, 3.63) is 35.4 Å². The van der Waals surface area contributed by atoms with Gasteiger partial charge in [0.1, 0.15) is 5.60 Å². The summed E-state index contributed by atoms with van der Waals surface area (Å²) in [7, 11) is 0. The van der Waals surface area contributed by atoms with Gasteiger partial charge in [0.15, 0.2) is 5.78 Å². The summed E-state index contributed by atoms with van der Waals surface area (Å²) in [6.45, 7) is 6.87. The molecule has 4 N–H and O–H groups in total. The number of aliphatic hydroxyl groups excluding tert-OH is 2. The summed E-state index contributed by atoms with van der Waals surface area (Å²) in [6, 6.07) is 7.26. The number of benzene rings is 1. The van der Waals surface area contributed by atoms with Gasteiger partial charge in [-0.3, -0.25) is 9.59 Å². The first-order valence-corrected chi connectivity index (χ1v) is 17.0. The maximum Gasteiger partial charge on any atom is 0.408 e. The molecule has 0 aromatic heterocycles. The monoisotopic (exact) mass is 619 g/mol. The minimum Gasteiger partial charge on any atom is -0.481 e. The Hall–Kier alpha value is -2.45. The molecule has 0 saturated carbocycles. The average Bonchev–Trinajstić information content (AvgIpc) is 2.96. The summed E-state index contributed by atoms with van der Waals surface area (Å²) < 4.78 is 5.41. The lowest BCUT2D eigenvalue weighted by molar-refractivity contribution is -0.137. The molecule has 0 aliphatic heterocycles. The van der Waals surface area contributed by atoms with Crippen LogP contribution in [-0.2, 0) is 20.7 Å². The third-order valence-corrected chi connectivity index (χ3v) is 8.05. The highest BCUT2D eigenvalue weighted by Crippen LogP contribution is 2.30. The number of aliphatic carboxylic acids is 1. The Kier molecular flexibility index (Phi) is 20.7. The first kappa shape index (κ1) is 39.6. The molecular formula is C36H61NO7. The van der Waals surface area contributed by atoms with Gasteiger partial charge in [-0.05, 0) is 63.5 Å². The van der Waals surface area contributed by atoms with E-state index in [-0.39, 0.29) is 38.3 Å². The number of ether oxygens (including phenoxy) is 1. The van der Waals surface area contributed by atoms with E-state index in [1.165, 1.54) is 63.4 Å². The number of unbranched alkanes of at least 4 members (excludes halogenated alkanes) is 10. The number of carboxylic acids is 1. The van der Waals surface area contributed by atoms with Crippen molar-refractivity contribution in [3.63, 3.8) is 0 Å². The standard InChI is InChI=1S/C36H61NO7/c1-5-6-7-8-9-10-11-12-13-14-19-30(20-15-16-22-34(41)42)31-21-17-18-28(23-31)24-32(33(40)25-29(26-38)27-39)37-35(43)44-36(2,3)4/h17-18,21,23,29-30,32,38-39H,5-16,19-20,22,24-27H2,1-4H3,(H,37,43)(H,41,42). The van der Waals surface area contributed by atoms with Crippen LogP contribution in [0.3, 0.4) is 0 Å². The number of carbonyl (C=O) groups is 3. The molecule has 0 aliphatic rings. The largest absolute Gasteiger partial charge is 0.481 e. The van der Waals surface area contributed by atoms with E-state index in [0.717, 1.165) is 31.2 Å². The number of ketones is 1. The molecule has 252 valence electrons. The molecule has 0 saturated heterocycles. The number of carboxylic acid groups (broad SMARTS) is 1. The number of hydrogen-bond donors (Lipinski definition) is 4. The topological polar surface area (TPSA) is 133 Å². The Labute approximate surface area is 266 Å². The molecule has 0 radical (unpaired) electrons. The number of rotatable bonds is 25. The lowest BCUT2D eigenvalue weighted by Gasteiger charge is -2.24. The lowest BCUT2D eigenvalue weighted by Crippen LogP contribution is -2.45. The zero-order valence-electron chi connectivity index (χ0n) is 28.0. The Morgan fingerprint density at radius 2 is 1.41 bits per heavy atom. The lowest BCUT2D eigenvalue weighted by atomic mass is 9.86. The van der Waals surface area contributed by atoms with E-state index in [1.807, 2.05) is 12.1 Å². The van der Waals surface area contributed by atoms with Gasteiger partial charge in [-0.25, -0.2) is 4.79 Å². The van der Waals surface area contributed by atoms with Gasteiger partial charge in [-0.15, -0.1) is 0 Å². The number of aliphatic hydroxyl groups is 2. The second-order valence-electron chi connectivity index (χ2n) is 13.4. The fraction of sp³-hybridized carbons (Fsp3) is 0.750. The van der Waals surface area contributed by atoms with Crippen LogP contribution < -0.4 is 5.32 Å². The fourth-order valence-corrected chi connectivity index (χ4v) is 5.54. The van der Waals surface area contributed by atoms with Crippen molar-refractivity contribution in [1.29, 1.82) is 0 Å². The molecule has 44 heavy (non-hydrogen) atoms. The highest BCUT2D eigenvalue weighted by Gasteiger charge is 2.27. The van der Waals surface area contributed by atoms with Gasteiger partial charge in [-0.1, -0.05) is 102 Å². The zero-order chi connectivity index (χ0) is 32.8. The van der Waals surface area contributed by atoms with Gasteiger partial charge in [0.05, 0.1) is 6.04 Å². The molecule has 0 spiro atoms. The van der Waals surface area contributed by atoms with E-state index in [2.05, 4.69) is 24.4 Å². The van der Waals surface area contributed by atoms with Crippen molar-refractivity contribution in [2.75, 3.05) is 13.2 Å². The first-order chi connectivity index (χ1) is 21.0. The number of alkyl carbamates (subject to hydrolysis) is 1. The second kappa shape index (κ2) is 23.0. The predicted octanol–water partition coefficient (Wildman–Crippen LogP) is 7.72. The zero-order valence-corrected chi connectivity index (χ0v) is 28.0. The van der Waals surface area contributed by atoms with Crippen LogP contribution in [0.15, 0.2) is 24.3 Å². The van der Waals surface area contributed by atoms with E-state index in [0.29, 0.717) is 12.3 Å². The number of hydrogen-bond acceptors (Lipinski definition) is 6. The molecule has 0 fully saturated rings. The first-order valence-electron chi connectivity index (χ1n) is 17.0. The maximum atomic E-state index is 13.2. The summed E-state index contributed by atoms with van der Waals surface area (Å²) in [6.07, 6.45) is 15.9. The summed E-state index contributed by atoms with van der Waals surface area (Å²) in [5, 5.41) is 30.8. The molecule has 0 bridgehead atoms. The van der Waals surface area contributed by atoms with Crippen LogP contribution in [0, 0.1) is 5.92 Å². The molecular weight excluding hydrogens is 558 g/mol. The quantitative estimate of drug-likeness (QED) is 0.0824. The highest BCUT2D eigenvalue weighted by molar-refractivity contribution is 5.88. The van der Waals surface area contributed by atoms with Gasteiger partial charge in [0.25, 0.3) is 0 Å². The van der Waals surface area contributed by atoms with Crippen LogP contribution in [0.25, 0.3) is 0 Å². The molecule has 0 heterocycles. The van der Waals surface area contributed by atoms with E-state index >= 15 is 0 Å². The summed E-state index contributed by atoms with van der Waals surface area (Å²) in [5.41, 5.74) is 1.35. The third-order valence-electron chi connectivity index (χ3n) is 8.05. The molecule has 0 aliphatic carbocycles. The Morgan fingerprint density at radius 3 is 1.95 bits per heavy atom. The minimum atomic E-state index is -0.864. The third kappa shape index (κ3) is 19.0. The fourth-order valence-electron chi connectivity index (χ4n) is 5.54. The van der Waals surface area contributed by atoms with Crippen molar-refractivity contribution in [1.82, 2.24) is 5.32 Å². The number of carbonyl (C=O) groups excluding carboxylic acids is 2. The van der Waals surface area contributed by atoms with Crippen molar-refractivity contribution >= 4 is 17.8 Å². The maximum absolute atomic E-state index is 13.2. The normalized spacial score (nSPS) is 13.1. The minimum absolute atomic E-state index is 0.0574. The van der Waals surface area contributed by atoms with Gasteiger partial charge >= 0.3 is 12.1 Å². The van der Waals surface area contributed by atoms with Crippen LogP contribution in [0.5, 0.6) is 0 Å². The van der Waals surface area contributed by atoms with Crippen molar-refractivity contribution < 1.29 is 34.4 Å². The van der Waals surface area contributed by atoms with E-state index < -0.39 is 29.6 Å². The molecule has 1 aromatic rings. The van der Waals surface area contributed by atoms with Crippen LogP contribution in [0.4, 0.5) is 4.79 Å². The van der Waals surface area contributed by atoms with E-state index in [1.54, 1.807) is 20.8 Å². The number of amides is 1. The molecule has 1 rings (SSSR count). The predicted molar refractivity (Wildman–Crippen MR) is 176 cm³/mol. The van der Waals surface area contributed by atoms with Crippen molar-refractivity contribution in [2.24, 2.45) is 5.92 Å². The van der Waals surface area contributed by atoms with Crippen LogP contribution in [0.2, 0.25) is 0 Å². The van der Waals surface area contributed by atoms with Gasteiger partial charge in [-0.2, -0.15) is 0 Å². The van der Waals surface area contributed by atoms with Gasteiger partial charge in [0, 0.05) is 32.0 Å². The van der Waals surface area contributed by atoms with Crippen molar-refractivity contribution in [2.45, 2.75) is 154 Å². The SMILES string of the molecule is CCCCCCCCCCCCC(CCCCC(=O)O)c1cccc(CC(NC(=O)OC(C)(C)C)C(=O)CC(CO)CO)c1. The van der Waals surface area contributed by atoms with Crippen LogP contribution in [0.1, 0.15) is 147 Å². The summed E-state index contributed by atoms with van der Waals surface area (Å²) in [5.74, 6) is -1.34. The van der Waals surface area contributed by atoms with E-state index in [4.69, 9.17) is 9.84 Å². The second-order valence-corrected chi connectivity index (χ2v) is 13.4. The molecule has 1 aromatic carbocycles. The van der Waals surface area contributed by atoms with Gasteiger partial charge in [0.2, 0.25) is 0 Å². The average molecular weight is 620 g/mol. The number of nitrogens with one attached hydrogen (secondary N) is 1.